The largest absolute Gasteiger partial charge is 0.492 e. The minimum absolute atomic E-state index is 0.122. The first kappa shape index (κ1) is 18.3. The molecular formula is C16H24BN3O4. The van der Waals surface area contributed by atoms with Crippen LogP contribution in [0, 0.1) is 0 Å². The quantitative estimate of drug-likeness (QED) is 0.716. The molecule has 7 nitrogen and oxygen atoms in total. The number of aromatic amines is 1. The van der Waals surface area contributed by atoms with E-state index < -0.39 is 18.3 Å². The Morgan fingerprint density at radius 3 is 2.42 bits per heavy atom. The van der Waals surface area contributed by atoms with Crippen molar-refractivity contribution < 1.29 is 14.1 Å². The lowest BCUT2D eigenvalue weighted by Crippen LogP contribution is -2.41. The van der Waals surface area contributed by atoms with E-state index in [0.29, 0.717) is 5.56 Å². The van der Waals surface area contributed by atoms with Crippen LogP contribution < -0.4 is 16.6 Å². The van der Waals surface area contributed by atoms with E-state index in [9.17, 15) is 9.59 Å². The maximum atomic E-state index is 11.4. The third kappa shape index (κ3) is 3.88. The summed E-state index contributed by atoms with van der Waals surface area (Å²) in [6.45, 7) is 9.55. The summed E-state index contributed by atoms with van der Waals surface area (Å²) >= 11 is 0. The smallest absolute Gasteiger partial charge is 0.400 e. The molecule has 0 radical (unpaired) electrons. The van der Waals surface area contributed by atoms with E-state index in [4.69, 9.17) is 15.0 Å². The second-order valence-electron chi connectivity index (χ2n) is 6.93. The first-order valence-corrected chi connectivity index (χ1v) is 7.80. The molecule has 2 rings (SSSR count). The molecule has 0 unspecified atom stereocenters. The summed E-state index contributed by atoms with van der Waals surface area (Å²) < 4.78 is 12.1. The van der Waals surface area contributed by atoms with Gasteiger partial charge in [-0.05, 0) is 44.8 Å². The van der Waals surface area contributed by atoms with Gasteiger partial charge in [0.1, 0.15) is 0 Å². The average Bonchev–Trinajstić information content (AvgIpc) is 2.67. The molecule has 2 heterocycles. The molecule has 0 aliphatic carbocycles. The number of hydrogen-bond donors (Lipinski definition) is 3. The molecule has 0 aromatic carbocycles. The minimum Gasteiger partial charge on any atom is -0.400 e. The lowest BCUT2D eigenvalue weighted by molar-refractivity contribution is -0.118. The third-order valence-electron chi connectivity index (χ3n) is 4.40. The fourth-order valence-electron chi connectivity index (χ4n) is 2.24. The van der Waals surface area contributed by atoms with Gasteiger partial charge in [-0.25, -0.2) is 0 Å². The summed E-state index contributed by atoms with van der Waals surface area (Å²) in [5, 5.41) is 2.75. The maximum absolute atomic E-state index is 11.4. The summed E-state index contributed by atoms with van der Waals surface area (Å²) in [6.07, 6.45) is 3.35. The Morgan fingerprint density at radius 1 is 1.33 bits per heavy atom. The van der Waals surface area contributed by atoms with Crippen molar-refractivity contribution in [1.82, 2.24) is 10.3 Å². The number of hydrogen-bond acceptors (Lipinski definition) is 5. The highest BCUT2D eigenvalue weighted by Gasteiger charge is 2.52. The van der Waals surface area contributed by atoms with Crippen molar-refractivity contribution in [1.29, 1.82) is 0 Å². The van der Waals surface area contributed by atoms with Gasteiger partial charge in [-0.3, -0.25) is 9.59 Å². The van der Waals surface area contributed by atoms with Crippen LogP contribution in [0.25, 0.3) is 6.08 Å². The predicted molar refractivity (Wildman–Crippen MR) is 94.2 cm³/mol. The fraction of sp³-hybridized carbons (Fsp3) is 0.500. The summed E-state index contributed by atoms with van der Waals surface area (Å²) in [7, 11) is -0.602. The summed E-state index contributed by atoms with van der Waals surface area (Å²) in [5.41, 5.74) is 5.88. The zero-order valence-electron chi connectivity index (χ0n) is 14.7. The lowest BCUT2D eigenvalue weighted by Gasteiger charge is -2.32. The van der Waals surface area contributed by atoms with Crippen molar-refractivity contribution in [2.24, 2.45) is 0 Å². The van der Waals surface area contributed by atoms with Crippen molar-refractivity contribution in [3.63, 3.8) is 0 Å². The van der Waals surface area contributed by atoms with Crippen LogP contribution in [0.1, 0.15) is 40.2 Å². The number of carbonyl (C=O) groups excluding carboxylic acids is 1. The molecule has 0 atom stereocenters. The minimum atomic E-state index is -0.602. The van der Waals surface area contributed by atoms with E-state index in [-0.39, 0.29) is 23.7 Å². The molecule has 0 spiro atoms. The molecule has 1 saturated heterocycles. The lowest BCUT2D eigenvalue weighted by atomic mass is 9.77. The number of H-pyrrole nitrogens is 1. The second kappa shape index (κ2) is 6.45. The van der Waals surface area contributed by atoms with E-state index in [1.54, 1.807) is 18.3 Å². The zero-order chi connectivity index (χ0) is 18.1. The van der Waals surface area contributed by atoms with Gasteiger partial charge < -0.3 is 25.3 Å². The van der Waals surface area contributed by atoms with Gasteiger partial charge in [-0.2, -0.15) is 0 Å². The first-order valence-electron chi connectivity index (χ1n) is 7.80. The van der Waals surface area contributed by atoms with Crippen molar-refractivity contribution in [2.45, 2.75) is 45.8 Å². The standard InChI is InChI=1S/C16H24BN3O4/c1-10(21)19-9-12(6-11-7-13(18)14(22)20-8-11)17-23-15(2,3)16(4,5)24-17/h6-8H,9,18H2,1-5H3,(H,19,21)(H,20,22). The SMILES string of the molecule is CC(=O)NCC(=Cc1c[nH]c(=O)c(N)c1)B1OC(C)(C)C(C)(C)O1. The number of rotatable bonds is 4. The highest BCUT2D eigenvalue weighted by atomic mass is 16.7. The molecule has 8 heteroatoms. The van der Waals surface area contributed by atoms with Crippen LogP contribution in [0.5, 0.6) is 0 Å². The van der Waals surface area contributed by atoms with Gasteiger partial charge in [-0.15, -0.1) is 0 Å². The van der Waals surface area contributed by atoms with E-state index in [1.807, 2.05) is 27.7 Å². The third-order valence-corrected chi connectivity index (χ3v) is 4.40. The van der Waals surface area contributed by atoms with Crippen LogP contribution >= 0.6 is 0 Å². The topological polar surface area (TPSA) is 106 Å². The number of nitrogen functional groups attached to an aromatic ring is 1. The molecule has 1 aliphatic heterocycles. The van der Waals surface area contributed by atoms with Crippen LogP contribution in [-0.4, -0.2) is 35.8 Å². The number of pyridine rings is 1. The van der Waals surface area contributed by atoms with Crippen LogP contribution in [0.2, 0.25) is 0 Å². The van der Waals surface area contributed by atoms with Crippen LogP contribution in [0.4, 0.5) is 5.69 Å². The van der Waals surface area contributed by atoms with Gasteiger partial charge in [0.25, 0.3) is 5.56 Å². The van der Waals surface area contributed by atoms with Gasteiger partial charge in [-0.1, -0.05) is 6.08 Å². The van der Waals surface area contributed by atoms with E-state index in [2.05, 4.69) is 10.3 Å². The Kier molecular flexibility index (Phi) is 4.91. The first-order chi connectivity index (χ1) is 11.0. The van der Waals surface area contributed by atoms with E-state index in [0.717, 1.165) is 5.47 Å². The van der Waals surface area contributed by atoms with Crippen molar-refractivity contribution in [3.8, 4) is 0 Å². The van der Waals surface area contributed by atoms with E-state index >= 15 is 0 Å². The molecule has 0 saturated carbocycles. The Morgan fingerprint density at radius 2 is 1.92 bits per heavy atom. The number of nitrogens with one attached hydrogen (secondary N) is 2. The number of amides is 1. The molecule has 24 heavy (non-hydrogen) atoms. The van der Waals surface area contributed by atoms with Gasteiger partial charge in [0.05, 0.1) is 16.9 Å². The summed E-state index contributed by atoms with van der Waals surface area (Å²) in [5.74, 6) is -0.154. The predicted octanol–water partition coefficient (Wildman–Crippen LogP) is 1.11. The Hall–Kier alpha value is -2.06. The highest BCUT2D eigenvalue weighted by Crippen LogP contribution is 2.38. The number of aromatic nitrogens is 1. The molecule has 1 aliphatic rings. The summed E-state index contributed by atoms with van der Waals surface area (Å²) in [6, 6.07) is 1.57. The molecule has 1 amide bonds. The van der Waals surface area contributed by atoms with Crippen molar-refractivity contribution in [2.75, 3.05) is 12.3 Å². The second-order valence-corrected chi connectivity index (χ2v) is 6.93. The molecule has 1 aromatic rings. The maximum Gasteiger partial charge on any atom is 0.492 e. The molecular weight excluding hydrogens is 309 g/mol. The molecule has 4 N–H and O–H groups in total. The number of carbonyl (C=O) groups is 1. The van der Waals surface area contributed by atoms with E-state index in [1.165, 1.54) is 6.92 Å². The van der Waals surface area contributed by atoms with Crippen LogP contribution in [0.3, 0.4) is 0 Å². The molecule has 1 fully saturated rings. The molecule has 0 bridgehead atoms. The normalized spacial score (nSPS) is 19.4. The van der Waals surface area contributed by atoms with Crippen LogP contribution in [-0.2, 0) is 14.1 Å². The van der Waals surface area contributed by atoms with Gasteiger partial charge in [0.2, 0.25) is 5.91 Å². The fourth-order valence-corrected chi connectivity index (χ4v) is 2.24. The Balaban J connectivity index is 2.34. The van der Waals surface area contributed by atoms with Gasteiger partial charge in [0, 0.05) is 19.7 Å². The highest BCUT2D eigenvalue weighted by molar-refractivity contribution is 6.56. The Bertz CT molecular complexity index is 708. The number of anilines is 1. The number of nitrogens with two attached hydrogens (primary N) is 1. The average molecular weight is 333 g/mol. The molecule has 1 aromatic heterocycles. The van der Waals surface area contributed by atoms with Crippen molar-refractivity contribution in [3.05, 3.63) is 33.7 Å². The molecule has 130 valence electrons. The van der Waals surface area contributed by atoms with Gasteiger partial charge in [0.15, 0.2) is 0 Å². The zero-order valence-corrected chi connectivity index (χ0v) is 14.7. The van der Waals surface area contributed by atoms with Crippen molar-refractivity contribution >= 4 is 24.8 Å². The Labute approximate surface area is 141 Å². The van der Waals surface area contributed by atoms with Crippen LogP contribution in [0.15, 0.2) is 22.5 Å². The monoisotopic (exact) mass is 333 g/mol. The summed E-state index contributed by atoms with van der Waals surface area (Å²) in [4.78, 5) is 25.2. The van der Waals surface area contributed by atoms with Gasteiger partial charge >= 0.3 is 7.12 Å².